The molecule has 17 heavy (non-hydrogen) atoms. The number of hydrogen-bond acceptors (Lipinski definition) is 3. The molecule has 3 nitrogen and oxygen atoms in total. The summed E-state index contributed by atoms with van der Waals surface area (Å²) in [7, 11) is 4.05. The van der Waals surface area contributed by atoms with Gasteiger partial charge in [0.1, 0.15) is 5.75 Å². The Kier molecular flexibility index (Phi) is 5.69. The molecule has 96 valence electrons. The first-order chi connectivity index (χ1) is 8.08. The van der Waals surface area contributed by atoms with Crippen LogP contribution < -0.4 is 10.1 Å². The minimum Gasteiger partial charge on any atom is -0.435 e. The molecule has 0 heterocycles. The Bertz CT molecular complexity index is 315. The Morgan fingerprint density at radius 1 is 1.24 bits per heavy atom. The standard InChI is InChI=1S/C12H18F2N2O/c1-16(2)9-3-8-15-10-4-6-11(7-5-10)17-12(13)14/h4-7,12,15H,3,8-9H2,1-2H3. The van der Waals surface area contributed by atoms with Crippen LogP contribution >= 0.6 is 0 Å². The molecule has 0 aliphatic rings. The number of alkyl halides is 2. The van der Waals surface area contributed by atoms with E-state index in [1.165, 1.54) is 12.1 Å². The van der Waals surface area contributed by atoms with Gasteiger partial charge < -0.3 is 15.0 Å². The Balaban J connectivity index is 2.30. The fraction of sp³-hybridized carbons (Fsp3) is 0.500. The van der Waals surface area contributed by atoms with Gasteiger partial charge in [-0.15, -0.1) is 0 Å². The molecule has 5 heteroatoms. The summed E-state index contributed by atoms with van der Waals surface area (Å²) in [5.74, 6) is 0.179. The molecule has 0 aliphatic heterocycles. The molecule has 0 aliphatic carbocycles. The van der Waals surface area contributed by atoms with Crippen molar-refractivity contribution in [1.82, 2.24) is 4.90 Å². The minimum absolute atomic E-state index is 0.179. The van der Waals surface area contributed by atoms with Gasteiger partial charge >= 0.3 is 6.61 Å². The number of ether oxygens (including phenoxy) is 1. The van der Waals surface area contributed by atoms with E-state index in [1.807, 2.05) is 14.1 Å². The summed E-state index contributed by atoms with van der Waals surface area (Å²) in [5, 5.41) is 3.21. The van der Waals surface area contributed by atoms with Gasteiger partial charge in [0.05, 0.1) is 0 Å². The van der Waals surface area contributed by atoms with Crippen molar-refractivity contribution in [2.24, 2.45) is 0 Å². The molecule has 0 radical (unpaired) electrons. The highest BCUT2D eigenvalue weighted by molar-refractivity contribution is 5.46. The van der Waals surface area contributed by atoms with Gasteiger partial charge in [0.15, 0.2) is 0 Å². The summed E-state index contributed by atoms with van der Waals surface area (Å²) in [4.78, 5) is 2.11. The zero-order valence-electron chi connectivity index (χ0n) is 10.1. The van der Waals surface area contributed by atoms with Crippen LogP contribution in [0.25, 0.3) is 0 Å². The van der Waals surface area contributed by atoms with Gasteiger partial charge in [-0.1, -0.05) is 0 Å². The van der Waals surface area contributed by atoms with E-state index in [2.05, 4.69) is 15.0 Å². The van der Waals surface area contributed by atoms with Crippen LogP contribution in [0, 0.1) is 0 Å². The predicted octanol–water partition coefficient (Wildman–Crippen LogP) is 2.65. The van der Waals surface area contributed by atoms with E-state index in [4.69, 9.17) is 0 Å². The molecule has 0 saturated heterocycles. The van der Waals surface area contributed by atoms with Crippen LogP contribution in [0.4, 0.5) is 14.5 Å². The zero-order valence-corrected chi connectivity index (χ0v) is 10.1. The number of benzene rings is 1. The molecule has 0 bridgehead atoms. The van der Waals surface area contributed by atoms with E-state index in [1.54, 1.807) is 12.1 Å². The Morgan fingerprint density at radius 3 is 2.41 bits per heavy atom. The van der Waals surface area contributed by atoms with Crippen molar-refractivity contribution in [3.63, 3.8) is 0 Å². The summed E-state index contributed by atoms with van der Waals surface area (Å²) in [5.41, 5.74) is 0.908. The average molecular weight is 244 g/mol. The molecule has 0 fully saturated rings. The SMILES string of the molecule is CN(C)CCCNc1ccc(OC(F)F)cc1. The lowest BCUT2D eigenvalue weighted by atomic mass is 10.3. The highest BCUT2D eigenvalue weighted by Gasteiger charge is 2.03. The van der Waals surface area contributed by atoms with Gasteiger partial charge in [-0.2, -0.15) is 8.78 Å². The Morgan fingerprint density at radius 2 is 1.88 bits per heavy atom. The number of nitrogens with zero attached hydrogens (tertiary/aromatic N) is 1. The van der Waals surface area contributed by atoms with Gasteiger partial charge in [0.25, 0.3) is 0 Å². The smallest absolute Gasteiger partial charge is 0.387 e. The molecule has 0 amide bonds. The molecule has 0 aromatic heterocycles. The summed E-state index contributed by atoms with van der Waals surface area (Å²) < 4.78 is 28.1. The van der Waals surface area contributed by atoms with E-state index >= 15 is 0 Å². The van der Waals surface area contributed by atoms with Crippen molar-refractivity contribution in [2.75, 3.05) is 32.5 Å². The molecule has 0 atom stereocenters. The summed E-state index contributed by atoms with van der Waals surface area (Å²) in [6.07, 6.45) is 1.03. The van der Waals surface area contributed by atoms with Crippen LogP contribution in [0.2, 0.25) is 0 Å². The fourth-order valence-corrected chi connectivity index (χ4v) is 1.38. The van der Waals surface area contributed by atoms with Crippen LogP contribution in [0.3, 0.4) is 0 Å². The van der Waals surface area contributed by atoms with Crippen LogP contribution in [0.1, 0.15) is 6.42 Å². The third kappa shape index (κ3) is 6.06. The van der Waals surface area contributed by atoms with Crippen LogP contribution in [0.15, 0.2) is 24.3 Å². The third-order valence-corrected chi connectivity index (χ3v) is 2.19. The maximum Gasteiger partial charge on any atom is 0.387 e. The second-order valence-corrected chi connectivity index (χ2v) is 3.99. The van der Waals surface area contributed by atoms with Gasteiger partial charge in [0.2, 0.25) is 0 Å². The van der Waals surface area contributed by atoms with Crippen molar-refractivity contribution >= 4 is 5.69 Å². The minimum atomic E-state index is -2.77. The highest BCUT2D eigenvalue weighted by atomic mass is 19.3. The number of rotatable bonds is 7. The maximum absolute atomic E-state index is 11.9. The van der Waals surface area contributed by atoms with Crippen LogP contribution in [-0.2, 0) is 0 Å². The lowest BCUT2D eigenvalue weighted by molar-refractivity contribution is -0.0498. The normalized spacial score (nSPS) is 10.9. The first kappa shape index (κ1) is 13.7. The van der Waals surface area contributed by atoms with E-state index in [0.29, 0.717) is 0 Å². The number of halogens is 2. The lowest BCUT2D eigenvalue weighted by Crippen LogP contribution is -2.16. The molecular formula is C12H18F2N2O. The van der Waals surface area contributed by atoms with Gasteiger partial charge in [-0.25, -0.2) is 0 Å². The zero-order chi connectivity index (χ0) is 12.7. The molecule has 0 unspecified atom stereocenters. The maximum atomic E-state index is 11.9. The summed E-state index contributed by atoms with van der Waals surface area (Å²) in [6.45, 7) is -0.902. The van der Waals surface area contributed by atoms with Crippen molar-refractivity contribution in [3.05, 3.63) is 24.3 Å². The van der Waals surface area contributed by atoms with E-state index < -0.39 is 6.61 Å². The van der Waals surface area contributed by atoms with Gasteiger partial charge in [0, 0.05) is 12.2 Å². The molecular weight excluding hydrogens is 226 g/mol. The van der Waals surface area contributed by atoms with E-state index in [9.17, 15) is 8.78 Å². The first-order valence-electron chi connectivity index (χ1n) is 5.51. The van der Waals surface area contributed by atoms with Crippen molar-refractivity contribution in [3.8, 4) is 5.75 Å². The topological polar surface area (TPSA) is 24.5 Å². The van der Waals surface area contributed by atoms with Gasteiger partial charge in [-0.05, 0) is 51.3 Å². The van der Waals surface area contributed by atoms with Gasteiger partial charge in [-0.3, -0.25) is 0 Å². The second kappa shape index (κ2) is 7.06. The summed E-state index contributed by atoms with van der Waals surface area (Å²) in [6, 6.07) is 6.52. The quantitative estimate of drug-likeness (QED) is 0.746. The monoisotopic (exact) mass is 244 g/mol. The molecule has 1 aromatic rings. The molecule has 0 saturated carbocycles. The van der Waals surface area contributed by atoms with Crippen molar-refractivity contribution in [2.45, 2.75) is 13.0 Å². The highest BCUT2D eigenvalue weighted by Crippen LogP contribution is 2.17. The van der Waals surface area contributed by atoms with Crippen LogP contribution in [0.5, 0.6) is 5.75 Å². The van der Waals surface area contributed by atoms with Crippen LogP contribution in [-0.4, -0.2) is 38.7 Å². The average Bonchev–Trinajstić information content (AvgIpc) is 2.25. The lowest BCUT2D eigenvalue weighted by Gasteiger charge is -2.11. The molecule has 1 N–H and O–H groups in total. The first-order valence-corrected chi connectivity index (χ1v) is 5.51. The largest absolute Gasteiger partial charge is 0.435 e. The Labute approximate surface area is 100 Å². The van der Waals surface area contributed by atoms with E-state index in [-0.39, 0.29) is 5.75 Å². The number of anilines is 1. The molecule has 1 rings (SSSR count). The number of hydrogen-bond donors (Lipinski definition) is 1. The molecule has 1 aromatic carbocycles. The molecule has 0 spiro atoms. The second-order valence-electron chi connectivity index (χ2n) is 3.99. The fourth-order valence-electron chi connectivity index (χ4n) is 1.38. The third-order valence-electron chi connectivity index (χ3n) is 2.19. The summed E-state index contributed by atoms with van der Waals surface area (Å²) >= 11 is 0. The van der Waals surface area contributed by atoms with Crippen molar-refractivity contribution < 1.29 is 13.5 Å². The van der Waals surface area contributed by atoms with E-state index in [0.717, 1.165) is 25.2 Å². The number of nitrogens with one attached hydrogen (secondary N) is 1. The predicted molar refractivity (Wildman–Crippen MR) is 64.7 cm³/mol. The Hall–Kier alpha value is -1.36. The van der Waals surface area contributed by atoms with Crippen molar-refractivity contribution in [1.29, 1.82) is 0 Å².